The largest absolute Gasteiger partial charge is 0.483 e. The third-order valence-electron chi connectivity index (χ3n) is 42.8. The summed E-state index contributed by atoms with van der Waals surface area (Å²) in [6.07, 6.45) is 43.5. The number of allylic oxidation sites excluding steroid dienone is 2. The second-order valence-corrected chi connectivity index (χ2v) is 52.4. The second-order valence-electron chi connectivity index (χ2n) is 52.4. The number of fused-ring (bicyclic) bond motifs is 15. The maximum atomic E-state index is 10.3. The fraction of sp³-hybridized carbons (Fsp3) is 0.705. The van der Waals surface area contributed by atoms with Gasteiger partial charge in [-0.15, -0.1) is 0 Å². The first-order valence-electron chi connectivity index (χ1n) is 57.2. The molecule has 18 rings (SSSR count). The van der Waals surface area contributed by atoms with E-state index in [0.717, 1.165) is 186 Å². The number of hydrogen-bond acceptors (Lipinski definition) is 11. The Bertz CT molecular complexity index is 4950. The first kappa shape index (κ1) is 107. The van der Waals surface area contributed by atoms with Gasteiger partial charge < -0.3 is 14.2 Å². The predicted molar refractivity (Wildman–Crippen MR) is 572 cm³/mol. The molecule has 12 fully saturated rings. The topological polar surface area (TPSA) is 124 Å². The quantitative estimate of drug-likeness (QED) is 0.0233. The number of hydrogen-bond donors (Lipinski definition) is 2. The molecule has 0 amide bonds. The van der Waals surface area contributed by atoms with Crippen LogP contribution in [0.15, 0.2) is 157 Å². The maximum Gasteiger partial charge on any atom is 0.134 e. The van der Waals surface area contributed by atoms with Crippen LogP contribution in [0.4, 0.5) is 0 Å². The molecule has 31 unspecified atom stereocenters. The highest BCUT2D eigenvalue weighted by Gasteiger charge is 2.69. The molecule has 0 aliphatic heterocycles. The lowest BCUT2D eigenvalue weighted by Crippen LogP contribution is -2.64. The van der Waals surface area contributed by atoms with E-state index in [9.17, 15) is 10.5 Å². The van der Waals surface area contributed by atoms with Crippen LogP contribution >= 0.6 is 0 Å². The summed E-state index contributed by atoms with van der Waals surface area (Å²) >= 11 is 0. The van der Waals surface area contributed by atoms with Crippen molar-refractivity contribution in [3.8, 4) is 28.7 Å². The SMILES string of the molecule is CCOOC1CC2C3CCC(C(C)CCC=C(C)C)C3(C)CCC2C2(C)CCC(C(C)OO)C(C)(C)C12.Cc1ccc(Oc2ccc(OC3(c4ccc(Oc5ccc(C)cc5)cc4)CCC4(C)C(CCC5C4CCC4(C)C(C(C)CCCC(C)C)CCC54)C3)cc2)cc1.Cc1cccc(COOC2CC3C4CCC(C(C)CCCC(C)C)C4(C)CCC3C3(C)CCC(C(OO)c4cccc(C)c4)CC23)c1. The highest BCUT2D eigenvalue weighted by molar-refractivity contribution is 5.41. The van der Waals surface area contributed by atoms with Gasteiger partial charge in [0.15, 0.2) is 0 Å². The molecule has 0 aromatic heterocycles. The number of rotatable bonds is 33. The van der Waals surface area contributed by atoms with E-state index in [1.54, 1.807) is 0 Å². The van der Waals surface area contributed by atoms with Crippen molar-refractivity contribution in [1.29, 1.82) is 0 Å². The van der Waals surface area contributed by atoms with Crippen molar-refractivity contribution in [2.75, 3.05) is 6.61 Å². The van der Waals surface area contributed by atoms with Crippen LogP contribution in [-0.2, 0) is 41.5 Å². The molecular weight excluding hydrogens is 1730 g/mol. The molecule has 140 heavy (non-hydrogen) atoms. The number of benzene rings is 6. The van der Waals surface area contributed by atoms with Crippen LogP contribution in [0.2, 0.25) is 0 Å². The van der Waals surface area contributed by atoms with Crippen LogP contribution in [0.3, 0.4) is 0 Å². The molecule has 0 bridgehead atoms. The van der Waals surface area contributed by atoms with Crippen LogP contribution in [0.1, 0.15) is 382 Å². The van der Waals surface area contributed by atoms with Gasteiger partial charge in [-0.1, -0.05) is 261 Å². The summed E-state index contributed by atoms with van der Waals surface area (Å²) in [5.74, 6) is 20.0. The summed E-state index contributed by atoms with van der Waals surface area (Å²) < 4.78 is 19.8. The van der Waals surface area contributed by atoms with Crippen LogP contribution < -0.4 is 14.2 Å². The summed E-state index contributed by atoms with van der Waals surface area (Å²) in [7, 11) is 0. The van der Waals surface area contributed by atoms with Gasteiger partial charge in [0.05, 0.1) is 24.9 Å². The molecule has 6 aromatic carbocycles. The Morgan fingerprint density at radius 1 is 0.400 bits per heavy atom. The summed E-state index contributed by atoms with van der Waals surface area (Å²) in [4.78, 5) is 35.1. The van der Waals surface area contributed by atoms with Gasteiger partial charge in [-0.05, 0) is 468 Å². The molecule has 12 aliphatic rings. The molecule has 12 saturated carbocycles. The zero-order chi connectivity index (χ0) is 99.6. The molecule has 0 radical (unpaired) electrons. The van der Waals surface area contributed by atoms with E-state index in [1.807, 2.05) is 38.1 Å². The highest BCUT2D eigenvalue weighted by atomic mass is 17.2. The lowest BCUT2D eigenvalue weighted by molar-refractivity contribution is -0.372. The van der Waals surface area contributed by atoms with E-state index in [2.05, 4.69) is 273 Å². The third kappa shape index (κ3) is 22.3. The molecule has 12 aliphatic carbocycles. The fourth-order valence-electron chi connectivity index (χ4n) is 36.0. The Hall–Kier alpha value is -5.86. The molecule has 0 heterocycles. The van der Waals surface area contributed by atoms with Crippen LogP contribution in [0.5, 0.6) is 28.7 Å². The van der Waals surface area contributed by atoms with E-state index in [1.165, 1.54) is 187 Å². The monoisotopic (exact) mass is 1920 g/mol. The Kier molecular flexibility index (Phi) is 34.4. The van der Waals surface area contributed by atoms with Crippen LogP contribution in [0, 0.1) is 196 Å². The maximum absolute atomic E-state index is 10.3. The summed E-state index contributed by atoms with van der Waals surface area (Å²) in [6.45, 7) is 56.0. The van der Waals surface area contributed by atoms with Crippen molar-refractivity contribution in [3.05, 3.63) is 196 Å². The standard InChI is InChI=1S/C53H68O3.C43H64O4.C33H58O4/c1-36(2)9-8-10-39(5)48-29-30-49-47-28-17-41-35-53(34-33-51(41,6)50(47)31-32-52(48,49)7,40-15-22-44(23-16-40)54-42-18-11-37(3)12-19-42)56-46-26-24-45(25-27-46)55-43-20-13-38(4)14-21-43;1-28(2)11-8-14-31(5)36-17-18-37-35-26-40(47-45-27-32-15-9-12-29(3)23-32)39-25-34(41(46-44)33-16-10-13-30(4)24-33)19-21-43(39,7)38(35)20-22-42(36,37)6;1-10-35-37-29-20-24-27-15-14-25(22(4)13-11-12-21(2)3)32(27,8)18-17-28(24)33(9)19-16-26(23(5)36-34)31(6,7)30(29)33/h11-16,18-27,36,39,41,47-50H,8-10,17,28-35H2,1-7H3;9-10,12-13,15-16,23-24,28,31,34-41,44H,8,11,14,17-22,25-27H2,1-7H3;12,22-30,34H,10-11,13-20H2,1-9H3. The van der Waals surface area contributed by atoms with Crippen molar-refractivity contribution in [2.45, 2.75) is 401 Å². The zero-order valence-electron chi connectivity index (χ0n) is 91.6. The molecule has 6 aromatic rings. The highest BCUT2D eigenvalue weighted by Crippen LogP contribution is 2.75. The van der Waals surface area contributed by atoms with E-state index in [4.69, 9.17) is 43.5 Å². The predicted octanol–water partition coefficient (Wildman–Crippen LogP) is 36.1. The molecular formula is C129H190O11. The van der Waals surface area contributed by atoms with Gasteiger partial charge in [0.1, 0.15) is 47.1 Å². The fourth-order valence-corrected chi connectivity index (χ4v) is 36.0. The Morgan fingerprint density at radius 3 is 1.39 bits per heavy atom. The molecule has 772 valence electrons. The van der Waals surface area contributed by atoms with Crippen molar-refractivity contribution in [1.82, 2.24) is 0 Å². The van der Waals surface area contributed by atoms with Crippen LogP contribution in [0.25, 0.3) is 0 Å². The number of aryl methyl sites for hydroxylation is 4. The smallest absolute Gasteiger partial charge is 0.134 e. The minimum Gasteiger partial charge on any atom is -0.483 e. The van der Waals surface area contributed by atoms with Gasteiger partial charge in [0.2, 0.25) is 0 Å². The van der Waals surface area contributed by atoms with Gasteiger partial charge in [-0.3, -0.25) is 10.5 Å². The van der Waals surface area contributed by atoms with Gasteiger partial charge in [-0.25, -0.2) is 29.3 Å². The zero-order valence-corrected chi connectivity index (χ0v) is 91.6. The summed E-state index contributed by atoms with van der Waals surface area (Å²) in [5.41, 5.74) is 11.7. The first-order valence-corrected chi connectivity index (χ1v) is 57.2. The van der Waals surface area contributed by atoms with E-state index in [0.29, 0.717) is 64.5 Å². The molecule has 2 N–H and O–H groups in total. The Labute approximate surface area is 849 Å². The third-order valence-corrected chi connectivity index (χ3v) is 42.8. The first-order chi connectivity index (χ1) is 66.9. The minimum atomic E-state index is -0.397. The number of ether oxygens (including phenoxy) is 3. The van der Waals surface area contributed by atoms with E-state index < -0.39 is 5.60 Å². The minimum absolute atomic E-state index is 0.000285. The average Bonchev–Trinajstić information content (AvgIpc) is 1.38. The van der Waals surface area contributed by atoms with Gasteiger partial charge in [0.25, 0.3) is 0 Å². The molecule has 31 atom stereocenters. The average molecular weight is 1920 g/mol. The van der Waals surface area contributed by atoms with Gasteiger partial charge in [-0.2, -0.15) is 0 Å². The second kappa shape index (κ2) is 45.1. The van der Waals surface area contributed by atoms with E-state index in [-0.39, 0.29) is 46.6 Å². The van der Waals surface area contributed by atoms with E-state index >= 15 is 0 Å². The Morgan fingerprint density at radius 2 is 0.871 bits per heavy atom. The van der Waals surface area contributed by atoms with Crippen LogP contribution in [-0.4, -0.2) is 35.4 Å². The van der Waals surface area contributed by atoms with Gasteiger partial charge in [0, 0.05) is 0 Å². The van der Waals surface area contributed by atoms with Crippen molar-refractivity contribution < 1.29 is 54.1 Å². The normalized spacial score (nSPS) is 36.5. The lowest BCUT2D eigenvalue weighted by Gasteiger charge is -2.67. The van der Waals surface area contributed by atoms with Gasteiger partial charge >= 0.3 is 0 Å². The van der Waals surface area contributed by atoms with Crippen molar-refractivity contribution >= 4 is 0 Å². The van der Waals surface area contributed by atoms with Crippen molar-refractivity contribution in [3.63, 3.8) is 0 Å². The summed E-state index contributed by atoms with van der Waals surface area (Å²) in [6, 6.07) is 50.7. The molecule has 11 heteroatoms. The molecule has 11 nitrogen and oxygen atoms in total. The summed E-state index contributed by atoms with van der Waals surface area (Å²) in [5, 5.41) is 19.8. The molecule has 0 saturated heterocycles. The Balaban J connectivity index is 0.000000155. The van der Waals surface area contributed by atoms with Crippen molar-refractivity contribution in [2.24, 2.45) is 168 Å². The lowest BCUT2D eigenvalue weighted by atomic mass is 9.39. The molecule has 0 spiro atoms.